The standard InChI is InChI=1S/C15H21BrFNO/c1-2-18-14(7-11-5-6-19-10-11)9-12-8-13(16)3-4-15(12)17/h3-4,8,11,14,18H,2,5-7,9-10H2,1H3. The van der Waals surface area contributed by atoms with Gasteiger partial charge in [0, 0.05) is 23.7 Å². The van der Waals surface area contributed by atoms with Crippen molar-refractivity contribution in [1.82, 2.24) is 5.32 Å². The zero-order valence-corrected chi connectivity index (χ0v) is 12.9. The van der Waals surface area contributed by atoms with Gasteiger partial charge in [0.2, 0.25) is 0 Å². The molecule has 0 saturated carbocycles. The van der Waals surface area contributed by atoms with Crippen LogP contribution < -0.4 is 5.32 Å². The third kappa shape index (κ3) is 4.55. The van der Waals surface area contributed by atoms with Crippen LogP contribution in [0.4, 0.5) is 4.39 Å². The van der Waals surface area contributed by atoms with Gasteiger partial charge in [-0.05, 0) is 55.5 Å². The van der Waals surface area contributed by atoms with Crippen molar-refractivity contribution in [2.45, 2.75) is 32.2 Å². The fourth-order valence-electron chi connectivity index (χ4n) is 2.66. The van der Waals surface area contributed by atoms with Gasteiger partial charge in [0.25, 0.3) is 0 Å². The van der Waals surface area contributed by atoms with Gasteiger partial charge >= 0.3 is 0 Å². The topological polar surface area (TPSA) is 21.3 Å². The molecule has 0 radical (unpaired) electrons. The van der Waals surface area contributed by atoms with Crippen molar-refractivity contribution in [2.75, 3.05) is 19.8 Å². The molecule has 1 saturated heterocycles. The van der Waals surface area contributed by atoms with Gasteiger partial charge in [0.15, 0.2) is 0 Å². The van der Waals surface area contributed by atoms with Crippen LogP contribution >= 0.6 is 15.9 Å². The van der Waals surface area contributed by atoms with Gasteiger partial charge in [-0.2, -0.15) is 0 Å². The Morgan fingerprint density at radius 1 is 1.53 bits per heavy atom. The van der Waals surface area contributed by atoms with Crippen LogP contribution in [0.5, 0.6) is 0 Å². The van der Waals surface area contributed by atoms with Crippen molar-refractivity contribution >= 4 is 15.9 Å². The van der Waals surface area contributed by atoms with Gasteiger partial charge in [-0.1, -0.05) is 22.9 Å². The van der Waals surface area contributed by atoms with Crippen LogP contribution in [0.1, 0.15) is 25.3 Å². The molecule has 1 N–H and O–H groups in total. The van der Waals surface area contributed by atoms with Gasteiger partial charge in [0.1, 0.15) is 5.82 Å². The smallest absolute Gasteiger partial charge is 0.126 e. The van der Waals surface area contributed by atoms with E-state index < -0.39 is 0 Å². The third-order valence-corrected chi connectivity index (χ3v) is 4.10. The lowest BCUT2D eigenvalue weighted by molar-refractivity contribution is 0.181. The molecule has 1 aliphatic rings. The normalized spacial score (nSPS) is 20.7. The van der Waals surface area contributed by atoms with Crippen LogP contribution in [0.25, 0.3) is 0 Å². The van der Waals surface area contributed by atoms with Crippen LogP contribution in [-0.4, -0.2) is 25.8 Å². The lowest BCUT2D eigenvalue weighted by Gasteiger charge is -2.21. The zero-order chi connectivity index (χ0) is 13.7. The first-order valence-electron chi connectivity index (χ1n) is 6.94. The maximum absolute atomic E-state index is 13.8. The Balaban J connectivity index is 2.00. The molecule has 4 heteroatoms. The number of hydrogen-bond donors (Lipinski definition) is 1. The molecule has 2 unspecified atom stereocenters. The van der Waals surface area contributed by atoms with Crippen LogP contribution in [0.15, 0.2) is 22.7 Å². The Morgan fingerprint density at radius 3 is 3.05 bits per heavy atom. The van der Waals surface area contributed by atoms with Crippen molar-refractivity contribution in [2.24, 2.45) is 5.92 Å². The molecule has 0 aromatic heterocycles. The monoisotopic (exact) mass is 329 g/mol. The van der Waals surface area contributed by atoms with E-state index in [0.29, 0.717) is 12.0 Å². The van der Waals surface area contributed by atoms with Gasteiger partial charge < -0.3 is 10.1 Å². The summed E-state index contributed by atoms with van der Waals surface area (Å²) in [6.45, 7) is 4.72. The largest absolute Gasteiger partial charge is 0.381 e. The fourth-order valence-corrected chi connectivity index (χ4v) is 3.07. The minimum atomic E-state index is -0.117. The second kappa shape index (κ2) is 7.36. The van der Waals surface area contributed by atoms with Crippen molar-refractivity contribution < 1.29 is 9.13 Å². The van der Waals surface area contributed by atoms with E-state index in [1.54, 1.807) is 6.07 Å². The van der Waals surface area contributed by atoms with E-state index in [-0.39, 0.29) is 5.82 Å². The Morgan fingerprint density at radius 2 is 2.37 bits per heavy atom. The van der Waals surface area contributed by atoms with Crippen LogP contribution in [-0.2, 0) is 11.2 Å². The first kappa shape index (κ1) is 14.9. The van der Waals surface area contributed by atoms with Crippen molar-refractivity contribution in [3.05, 3.63) is 34.1 Å². The van der Waals surface area contributed by atoms with Crippen molar-refractivity contribution in [3.63, 3.8) is 0 Å². The summed E-state index contributed by atoms with van der Waals surface area (Å²) in [5, 5.41) is 3.47. The highest BCUT2D eigenvalue weighted by atomic mass is 79.9. The second-order valence-electron chi connectivity index (χ2n) is 5.16. The van der Waals surface area contributed by atoms with E-state index in [1.807, 2.05) is 6.07 Å². The number of likely N-dealkylation sites (N-methyl/N-ethyl adjacent to an activating group) is 1. The Bertz CT molecular complexity index is 407. The highest BCUT2D eigenvalue weighted by Crippen LogP contribution is 2.22. The molecule has 0 aliphatic carbocycles. The summed E-state index contributed by atoms with van der Waals surface area (Å²) in [5.74, 6) is 0.494. The Hall–Kier alpha value is -0.450. The predicted octanol–water partition coefficient (Wildman–Crippen LogP) is 3.54. The minimum absolute atomic E-state index is 0.117. The molecular formula is C15H21BrFNO. The van der Waals surface area contributed by atoms with Gasteiger partial charge in [-0.15, -0.1) is 0 Å². The summed E-state index contributed by atoms with van der Waals surface area (Å²) in [7, 11) is 0. The predicted molar refractivity (Wildman–Crippen MR) is 78.8 cm³/mol. The summed E-state index contributed by atoms with van der Waals surface area (Å²) < 4.78 is 20.2. The molecule has 0 spiro atoms. The molecule has 1 aromatic carbocycles. The second-order valence-corrected chi connectivity index (χ2v) is 6.08. The average molecular weight is 330 g/mol. The molecule has 1 aliphatic heterocycles. The molecule has 19 heavy (non-hydrogen) atoms. The lowest BCUT2D eigenvalue weighted by Crippen LogP contribution is -2.33. The summed E-state index contributed by atoms with van der Waals surface area (Å²) in [6, 6.07) is 5.47. The molecule has 1 heterocycles. The number of nitrogens with one attached hydrogen (secondary N) is 1. The van der Waals surface area contributed by atoms with E-state index in [9.17, 15) is 4.39 Å². The first-order valence-corrected chi connectivity index (χ1v) is 7.73. The maximum atomic E-state index is 13.8. The first-order chi connectivity index (χ1) is 9.19. The summed E-state index contributed by atoms with van der Waals surface area (Å²) in [4.78, 5) is 0. The molecule has 0 amide bonds. The molecular weight excluding hydrogens is 309 g/mol. The van der Waals surface area contributed by atoms with E-state index in [0.717, 1.165) is 49.1 Å². The zero-order valence-electron chi connectivity index (χ0n) is 11.3. The van der Waals surface area contributed by atoms with E-state index >= 15 is 0 Å². The van der Waals surface area contributed by atoms with Gasteiger partial charge in [0.05, 0.1) is 0 Å². The molecule has 2 nitrogen and oxygen atoms in total. The van der Waals surface area contributed by atoms with Crippen molar-refractivity contribution in [1.29, 1.82) is 0 Å². The molecule has 0 bridgehead atoms. The number of halogens is 2. The lowest BCUT2D eigenvalue weighted by atomic mass is 9.94. The van der Waals surface area contributed by atoms with E-state index in [4.69, 9.17) is 4.74 Å². The highest BCUT2D eigenvalue weighted by molar-refractivity contribution is 9.10. The van der Waals surface area contributed by atoms with Gasteiger partial charge in [-0.25, -0.2) is 4.39 Å². The Kier molecular flexibility index (Phi) is 5.79. The third-order valence-electron chi connectivity index (χ3n) is 3.61. The minimum Gasteiger partial charge on any atom is -0.381 e. The average Bonchev–Trinajstić information content (AvgIpc) is 2.87. The number of rotatable bonds is 6. The van der Waals surface area contributed by atoms with E-state index in [1.165, 1.54) is 6.07 Å². The number of benzene rings is 1. The van der Waals surface area contributed by atoms with Crippen LogP contribution in [0.3, 0.4) is 0 Å². The van der Waals surface area contributed by atoms with Gasteiger partial charge in [-0.3, -0.25) is 0 Å². The molecule has 1 aromatic rings. The molecule has 2 rings (SSSR count). The summed E-state index contributed by atoms with van der Waals surface area (Å²) in [6.07, 6.45) is 2.91. The maximum Gasteiger partial charge on any atom is 0.126 e. The van der Waals surface area contributed by atoms with Crippen molar-refractivity contribution in [3.8, 4) is 0 Å². The highest BCUT2D eigenvalue weighted by Gasteiger charge is 2.21. The number of ether oxygens (including phenoxy) is 1. The fraction of sp³-hybridized carbons (Fsp3) is 0.600. The Labute approximate surface area is 122 Å². The quantitative estimate of drug-likeness (QED) is 0.861. The van der Waals surface area contributed by atoms with Crippen LogP contribution in [0, 0.1) is 11.7 Å². The van der Waals surface area contributed by atoms with Crippen LogP contribution in [0.2, 0.25) is 0 Å². The summed E-state index contributed by atoms with van der Waals surface area (Å²) in [5.41, 5.74) is 0.777. The number of hydrogen-bond acceptors (Lipinski definition) is 2. The molecule has 1 fully saturated rings. The SMILES string of the molecule is CCNC(Cc1cc(Br)ccc1F)CC1CCOC1. The molecule has 106 valence electrons. The summed E-state index contributed by atoms with van der Waals surface area (Å²) >= 11 is 3.41. The van der Waals surface area contributed by atoms with E-state index in [2.05, 4.69) is 28.2 Å². The molecule has 2 atom stereocenters.